The first-order chi connectivity index (χ1) is 13.2. The highest BCUT2D eigenvalue weighted by molar-refractivity contribution is 7.80. The number of nitrogens with zero attached hydrogens (tertiary/aromatic N) is 1. The highest BCUT2D eigenvalue weighted by Crippen LogP contribution is 2.36. The number of hydrogen-bond donors (Lipinski definition) is 2. The maximum atomic E-state index is 12.2. The van der Waals surface area contributed by atoms with Gasteiger partial charge in [-0.2, -0.15) is 0 Å². The number of nitrogens with one attached hydrogen (secondary N) is 2. The lowest BCUT2D eigenvalue weighted by Gasteiger charge is -2.50. The lowest BCUT2D eigenvalue weighted by atomic mass is 9.82. The monoisotopic (exact) mass is 387 g/mol. The molecule has 146 valence electrons. The molecule has 2 heterocycles. The first-order valence-electron chi connectivity index (χ1n) is 10.3. The molecule has 6 heteroatoms. The molecule has 2 saturated heterocycles. The molecule has 2 bridgehead atoms. The second kappa shape index (κ2) is 8.05. The third-order valence-electron chi connectivity index (χ3n) is 5.93. The number of fused-ring (bicyclic) bond motifs is 2. The van der Waals surface area contributed by atoms with Crippen molar-refractivity contribution in [2.24, 2.45) is 5.92 Å². The number of carbonyl (C=O) groups excluding carboxylic acids is 1. The molecule has 4 rings (SSSR count). The van der Waals surface area contributed by atoms with Crippen LogP contribution >= 0.6 is 12.2 Å². The summed E-state index contributed by atoms with van der Waals surface area (Å²) in [5.74, 6) is 1.37. The van der Waals surface area contributed by atoms with Crippen molar-refractivity contribution in [3.05, 3.63) is 24.3 Å². The van der Waals surface area contributed by atoms with E-state index in [0.717, 1.165) is 55.1 Å². The minimum absolute atomic E-state index is 0.262. The van der Waals surface area contributed by atoms with Gasteiger partial charge in [-0.1, -0.05) is 12.1 Å². The molecule has 2 N–H and O–H groups in total. The maximum absolute atomic E-state index is 12.2. The summed E-state index contributed by atoms with van der Waals surface area (Å²) in [6.07, 6.45) is 7.62. The Morgan fingerprint density at radius 3 is 2.56 bits per heavy atom. The van der Waals surface area contributed by atoms with Crippen molar-refractivity contribution >= 4 is 28.9 Å². The van der Waals surface area contributed by atoms with Crippen molar-refractivity contribution in [2.75, 3.05) is 11.9 Å². The second-order valence-electron chi connectivity index (χ2n) is 7.96. The molecule has 1 amide bonds. The molecule has 0 spiro atoms. The number of thiocarbonyl (C=S) groups is 1. The zero-order valence-corrected chi connectivity index (χ0v) is 16.8. The van der Waals surface area contributed by atoms with Gasteiger partial charge in [0, 0.05) is 24.0 Å². The normalized spacial score (nSPS) is 27.0. The van der Waals surface area contributed by atoms with Gasteiger partial charge in [-0.05, 0) is 76.2 Å². The van der Waals surface area contributed by atoms with E-state index in [9.17, 15) is 4.79 Å². The molecule has 3 aliphatic rings. The van der Waals surface area contributed by atoms with E-state index >= 15 is 0 Å². The highest BCUT2D eigenvalue weighted by Gasteiger charge is 2.41. The van der Waals surface area contributed by atoms with Gasteiger partial charge in [-0.25, -0.2) is 0 Å². The van der Waals surface area contributed by atoms with Gasteiger partial charge in [0.1, 0.15) is 5.75 Å². The lowest BCUT2D eigenvalue weighted by Crippen LogP contribution is -2.59. The van der Waals surface area contributed by atoms with Crippen LogP contribution in [0.1, 0.15) is 51.9 Å². The summed E-state index contributed by atoms with van der Waals surface area (Å²) >= 11 is 5.80. The van der Waals surface area contributed by atoms with Crippen LogP contribution in [0.5, 0.6) is 5.75 Å². The van der Waals surface area contributed by atoms with Crippen LogP contribution in [0.2, 0.25) is 0 Å². The molecule has 2 aliphatic heterocycles. The van der Waals surface area contributed by atoms with Gasteiger partial charge in [0.15, 0.2) is 5.11 Å². The van der Waals surface area contributed by atoms with Crippen molar-refractivity contribution < 1.29 is 9.53 Å². The number of ether oxygens (including phenoxy) is 1. The molecule has 1 aliphatic carbocycles. The average Bonchev–Trinajstić information content (AvgIpc) is 3.48. The Labute approximate surface area is 166 Å². The summed E-state index contributed by atoms with van der Waals surface area (Å²) < 4.78 is 5.72. The number of benzene rings is 1. The molecule has 1 aromatic carbocycles. The van der Waals surface area contributed by atoms with Gasteiger partial charge >= 0.3 is 0 Å². The third-order valence-corrected chi connectivity index (χ3v) is 6.25. The fourth-order valence-electron chi connectivity index (χ4n) is 4.53. The summed E-state index contributed by atoms with van der Waals surface area (Å²) in [5, 5.41) is 7.50. The van der Waals surface area contributed by atoms with Crippen LogP contribution in [0.15, 0.2) is 24.3 Å². The van der Waals surface area contributed by atoms with E-state index in [1.807, 2.05) is 31.2 Å². The second-order valence-corrected chi connectivity index (χ2v) is 8.34. The minimum atomic E-state index is 0.262. The van der Waals surface area contributed by atoms with Crippen molar-refractivity contribution in [1.82, 2.24) is 10.2 Å². The molecule has 1 unspecified atom stereocenters. The van der Waals surface area contributed by atoms with Crippen LogP contribution in [0, 0.1) is 5.92 Å². The minimum Gasteiger partial charge on any atom is -0.492 e. The van der Waals surface area contributed by atoms with Gasteiger partial charge in [0.2, 0.25) is 5.91 Å². The average molecular weight is 388 g/mol. The molecule has 3 fully saturated rings. The fourth-order valence-corrected chi connectivity index (χ4v) is 4.93. The van der Waals surface area contributed by atoms with E-state index in [4.69, 9.17) is 17.0 Å². The fraction of sp³-hybridized carbons (Fsp3) is 0.619. The van der Waals surface area contributed by atoms with Crippen LogP contribution < -0.4 is 15.4 Å². The number of para-hydroxylation sites is 2. The Hall–Kier alpha value is -1.82. The summed E-state index contributed by atoms with van der Waals surface area (Å²) in [6, 6.07) is 9.05. The predicted octanol–water partition coefficient (Wildman–Crippen LogP) is 3.69. The van der Waals surface area contributed by atoms with E-state index < -0.39 is 0 Å². The van der Waals surface area contributed by atoms with E-state index in [2.05, 4.69) is 15.5 Å². The Morgan fingerprint density at radius 2 is 1.89 bits per heavy atom. The van der Waals surface area contributed by atoms with Crippen molar-refractivity contribution in [3.8, 4) is 5.75 Å². The number of hydrogen-bond acceptors (Lipinski definition) is 3. The van der Waals surface area contributed by atoms with Crippen LogP contribution in [0.3, 0.4) is 0 Å². The van der Waals surface area contributed by atoms with Crippen LogP contribution in [-0.2, 0) is 4.79 Å². The summed E-state index contributed by atoms with van der Waals surface area (Å²) in [5.41, 5.74) is 0.923. The zero-order chi connectivity index (χ0) is 18.8. The van der Waals surface area contributed by atoms with E-state index in [1.54, 1.807) is 0 Å². The van der Waals surface area contributed by atoms with Gasteiger partial charge in [-0.15, -0.1) is 0 Å². The molecule has 0 radical (unpaired) electrons. The largest absolute Gasteiger partial charge is 0.492 e. The summed E-state index contributed by atoms with van der Waals surface area (Å²) in [4.78, 5) is 14.6. The van der Waals surface area contributed by atoms with Crippen molar-refractivity contribution in [1.29, 1.82) is 0 Å². The van der Waals surface area contributed by atoms with Gasteiger partial charge < -0.3 is 20.3 Å². The molecule has 3 atom stereocenters. The van der Waals surface area contributed by atoms with Gasteiger partial charge in [-0.3, -0.25) is 4.79 Å². The number of carbonyl (C=O) groups is 1. The van der Waals surface area contributed by atoms with Crippen molar-refractivity contribution in [2.45, 2.75) is 70.0 Å². The van der Waals surface area contributed by atoms with Crippen molar-refractivity contribution in [3.63, 3.8) is 0 Å². The molecule has 5 nitrogen and oxygen atoms in total. The SMILES string of the molecule is CCOc1ccccc1NC(=S)N1[C@@H]2CCC[C@H]1CC(NC(=O)C1CC1)C2. The molecule has 0 aromatic heterocycles. The lowest BCUT2D eigenvalue weighted by molar-refractivity contribution is -0.123. The molecular formula is C21H29N3O2S. The van der Waals surface area contributed by atoms with Crippen LogP contribution in [0.25, 0.3) is 0 Å². The maximum Gasteiger partial charge on any atom is 0.223 e. The molecule has 1 saturated carbocycles. The summed E-state index contributed by atoms with van der Waals surface area (Å²) in [6.45, 7) is 2.61. The van der Waals surface area contributed by atoms with E-state index in [1.165, 1.54) is 6.42 Å². The quantitative estimate of drug-likeness (QED) is 0.755. The zero-order valence-electron chi connectivity index (χ0n) is 15.9. The Bertz CT molecular complexity index is 692. The number of amides is 1. The number of rotatable bonds is 5. The van der Waals surface area contributed by atoms with Gasteiger partial charge in [0.25, 0.3) is 0 Å². The predicted molar refractivity (Wildman–Crippen MR) is 111 cm³/mol. The van der Waals surface area contributed by atoms with E-state index in [-0.39, 0.29) is 11.8 Å². The Kier molecular flexibility index (Phi) is 5.53. The number of anilines is 1. The number of piperidine rings is 2. The smallest absolute Gasteiger partial charge is 0.223 e. The molecule has 27 heavy (non-hydrogen) atoms. The van der Waals surface area contributed by atoms with Gasteiger partial charge in [0.05, 0.1) is 12.3 Å². The first kappa shape index (κ1) is 18.5. The van der Waals surface area contributed by atoms with Crippen LogP contribution in [0.4, 0.5) is 5.69 Å². The molecule has 1 aromatic rings. The first-order valence-corrected chi connectivity index (χ1v) is 10.7. The summed E-state index contributed by atoms with van der Waals surface area (Å²) in [7, 11) is 0. The Morgan fingerprint density at radius 1 is 1.19 bits per heavy atom. The standard InChI is InChI=1S/C21H29N3O2S/c1-2-26-19-9-4-3-8-18(19)23-21(27)24-16-6-5-7-17(24)13-15(12-16)22-20(25)14-10-11-14/h3-4,8-9,14-17H,2,5-7,10-13H2,1H3,(H,22,25)(H,23,27)/t15?,16-,17+. The Balaban J connectivity index is 1.42. The highest BCUT2D eigenvalue weighted by atomic mass is 32.1. The topological polar surface area (TPSA) is 53.6 Å². The molecular weight excluding hydrogens is 358 g/mol. The third kappa shape index (κ3) is 4.21. The van der Waals surface area contributed by atoms with E-state index in [0.29, 0.717) is 24.7 Å². The van der Waals surface area contributed by atoms with Crippen LogP contribution in [-0.4, -0.2) is 40.7 Å².